The number of hydrogen-bond acceptors (Lipinski definition) is 3. The van der Waals surface area contributed by atoms with Gasteiger partial charge in [-0.05, 0) is 11.1 Å². The van der Waals surface area contributed by atoms with E-state index in [0.29, 0.717) is 0 Å². The number of halogens is 1. The van der Waals surface area contributed by atoms with E-state index < -0.39 is 5.43 Å². The number of carbonyl (C=O) groups excluding carboxylic acids is 1. The summed E-state index contributed by atoms with van der Waals surface area (Å²) in [6.07, 6.45) is 0. The van der Waals surface area contributed by atoms with Gasteiger partial charge in [-0.3, -0.25) is 0 Å². The maximum absolute atomic E-state index is 10.2. The van der Waals surface area contributed by atoms with E-state index in [-0.39, 0.29) is 13.2 Å². The summed E-state index contributed by atoms with van der Waals surface area (Å²) in [4.78, 5) is 10.2. The second-order valence-corrected chi connectivity index (χ2v) is 2.81. The third kappa shape index (κ3) is 3.44. The molecule has 1 aromatic carbocycles. The van der Waals surface area contributed by atoms with Crippen molar-refractivity contribution in [3.8, 4) is 0 Å². The Morgan fingerprint density at radius 2 is 1.85 bits per heavy atom. The predicted octanol–water partition coefficient (Wildman–Crippen LogP) is 2.05. The molecule has 3 nitrogen and oxygen atoms in total. The Hall–Kier alpha value is -1.06. The van der Waals surface area contributed by atoms with Crippen LogP contribution in [0.4, 0.5) is 4.79 Å². The number of aliphatic hydroxyl groups excluding tert-OH is 1. The summed E-state index contributed by atoms with van der Waals surface area (Å²) in [5, 5.41) is 8.74. The molecule has 0 aliphatic carbocycles. The van der Waals surface area contributed by atoms with E-state index >= 15 is 0 Å². The standard InChI is InChI=1S/C9H9ClO3/c10-9(12)13-6-8-3-1-7(5-11)2-4-8/h1-4,11H,5-6H2. The molecule has 70 valence electrons. The van der Waals surface area contributed by atoms with Gasteiger partial charge in [-0.2, -0.15) is 0 Å². The van der Waals surface area contributed by atoms with Gasteiger partial charge in [-0.15, -0.1) is 0 Å². The van der Waals surface area contributed by atoms with Gasteiger partial charge in [0.2, 0.25) is 0 Å². The highest BCUT2D eigenvalue weighted by Gasteiger charge is 1.97. The fourth-order valence-electron chi connectivity index (χ4n) is 0.881. The minimum Gasteiger partial charge on any atom is -0.449 e. The molecule has 0 amide bonds. The van der Waals surface area contributed by atoms with Crippen LogP contribution < -0.4 is 0 Å². The van der Waals surface area contributed by atoms with E-state index in [0.717, 1.165) is 11.1 Å². The van der Waals surface area contributed by atoms with Crippen molar-refractivity contribution in [3.63, 3.8) is 0 Å². The Morgan fingerprint density at radius 3 is 2.31 bits per heavy atom. The van der Waals surface area contributed by atoms with Crippen molar-refractivity contribution in [2.75, 3.05) is 0 Å². The largest absolute Gasteiger partial charge is 0.449 e. The number of ether oxygens (including phenoxy) is 1. The van der Waals surface area contributed by atoms with E-state index in [1.54, 1.807) is 24.3 Å². The molecule has 4 heteroatoms. The summed E-state index contributed by atoms with van der Waals surface area (Å²) >= 11 is 4.99. The van der Waals surface area contributed by atoms with Crippen LogP contribution in [0.15, 0.2) is 24.3 Å². The molecule has 0 saturated carbocycles. The number of carbonyl (C=O) groups is 1. The number of aliphatic hydroxyl groups is 1. The van der Waals surface area contributed by atoms with Gasteiger partial charge in [-0.25, -0.2) is 4.79 Å². The van der Waals surface area contributed by atoms with Crippen molar-refractivity contribution in [2.24, 2.45) is 0 Å². The van der Waals surface area contributed by atoms with Crippen molar-refractivity contribution in [2.45, 2.75) is 13.2 Å². The number of benzene rings is 1. The van der Waals surface area contributed by atoms with E-state index in [9.17, 15) is 4.79 Å². The second kappa shape index (κ2) is 4.84. The van der Waals surface area contributed by atoms with E-state index in [1.165, 1.54) is 0 Å². The van der Waals surface area contributed by atoms with E-state index in [2.05, 4.69) is 4.74 Å². The monoisotopic (exact) mass is 200 g/mol. The summed E-state index contributed by atoms with van der Waals surface area (Å²) in [5.74, 6) is 0. The molecule has 0 radical (unpaired) electrons. The smallest absolute Gasteiger partial charge is 0.404 e. The molecular formula is C9H9ClO3. The van der Waals surface area contributed by atoms with Crippen LogP contribution in [0.1, 0.15) is 11.1 Å². The van der Waals surface area contributed by atoms with Gasteiger partial charge in [0, 0.05) is 11.6 Å². The molecule has 0 spiro atoms. The first kappa shape index (κ1) is 10.0. The average molecular weight is 201 g/mol. The zero-order valence-corrected chi connectivity index (χ0v) is 7.62. The highest BCUT2D eigenvalue weighted by molar-refractivity contribution is 6.61. The van der Waals surface area contributed by atoms with Gasteiger partial charge in [0.05, 0.1) is 6.61 Å². The summed E-state index contributed by atoms with van der Waals surface area (Å²) in [7, 11) is 0. The highest BCUT2D eigenvalue weighted by atomic mass is 35.5. The van der Waals surface area contributed by atoms with Crippen molar-refractivity contribution in [3.05, 3.63) is 35.4 Å². The average Bonchev–Trinajstić information content (AvgIpc) is 2.15. The van der Waals surface area contributed by atoms with Crippen molar-refractivity contribution >= 4 is 17.0 Å². The Bertz CT molecular complexity index is 281. The van der Waals surface area contributed by atoms with Crippen LogP contribution in [-0.4, -0.2) is 10.5 Å². The lowest BCUT2D eigenvalue weighted by Crippen LogP contribution is -1.94. The Balaban J connectivity index is 2.54. The quantitative estimate of drug-likeness (QED) is 0.760. The summed E-state index contributed by atoms with van der Waals surface area (Å²) < 4.78 is 4.57. The maximum atomic E-state index is 10.2. The lowest BCUT2D eigenvalue weighted by Gasteiger charge is -2.01. The summed E-state index contributed by atoms with van der Waals surface area (Å²) in [6, 6.07) is 7.06. The molecule has 0 heterocycles. The first-order chi connectivity index (χ1) is 6.22. The van der Waals surface area contributed by atoms with Crippen molar-refractivity contribution < 1.29 is 14.6 Å². The molecule has 0 aliphatic heterocycles. The fourth-order valence-corrected chi connectivity index (χ4v) is 0.936. The van der Waals surface area contributed by atoms with E-state index in [1.807, 2.05) is 0 Å². The van der Waals surface area contributed by atoms with Crippen LogP contribution in [0.2, 0.25) is 0 Å². The Morgan fingerprint density at radius 1 is 1.31 bits per heavy atom. The van der Waals surface area contributed by atoms with Crippen molar-refractivity contribution in [1.82, 2.24) is 0 Å². The molecule has 1 rings (SSSR count). The normalized spacial score (nSPS) is 9.69. The van der Waals surface area contributed by atoms with Crippen molar-refractivity contribution in [1.29, 1.82) is 0 Å². The van der Waals surface area contributed by atoms with Crippen LogP contribution >= 0.6 is 11.6 Å². The summed E-state index contributed by atoms with van der Waals surface area (Å²) in [6.45, 7) is 0.170. The molecule has 0 fully saturated rings. The lowest BCUT2D eigenvalue weighted by atomic mass is 10.1. The van der Waals surface area contributed by atoms with Crippen LogP contribution in [0, 0.1) is 0 Å². The molecule has 0 aliphatic rings. The molecule has 0 saturated heterocycles. The predicted molar refractivity (Wildman–Crippen MR) is 48.4 cm³/mol. The molecule has 0 atom stereocenters. The number of rotatable bonds is 3. The molecule has 0 aromatic heterocycles. The van der Waals surface area contributed by atoms with Gasteiger partial charge in [0.1, 0.15) is 6.61 Å². The lowest BCUT2D eigenvalue weighted by molar-refractivity contribution is 0.167. The second-order valence-electron chi connectivity index (χ2n) is 2.50. The molecule has 0 bridgehead atoms. The minimum absolute atomic E-state index is 0.00950. The van der Waals surface area contributed by atoms with Gasteiger partial charge >= 0.3 is 5.43 Å². The minimum atomic E-state index is -0.814. The molecule has 1 N–H and O–H groups in total. The first-order valence-electron chi connectivity index (χ1n) is 3.73. The first-order valence-corrected chi connectivity index (χ1v) is 4.11. The van der Waals surface area contributed by atoms with Gasteiger partial charge in [0.25, 0.3) is 0 Å². The summed E-state index contributed by atoms with van der Waals surface area (Å²) in [5.41, 5.74) is 0.846. The van der Waals surface area contributed by atoms with Gasteiger partial charge < -0.3 is 9.84 Å². The van der Waals surface area contributed by atoms with Crippen LogP contribution in [0.3, 0.4) is 0 Å². The topological polar surface area (TPSA) is 46.5 Å². The SMILES string of the molecule is O=C(Cl)OCc1ccc(CO)cc1. The van der Waals surface area contributed by atoms with E-state index in [4.69, 9.17) is 16.7 Å². The molecule has 0 unspecified atom stereocenters. The zero-order valence-electron chi connectivity index (χ0n) is 6.87. The third-order valence-corrected chi connectivity index (χ3v) is 1.67. The molecular weight excluding hydrogens is 192 g/mol. The Labute approximate surface area is 80.9 Å². The van der Waals surface area contributed by atoms with Gasteiger partial charge in [-0.1, -0.05) is 24.3 Å². The third-order valence-electron chi connectivity index (χ3n) is 1.56. The fraction of sp³-hybridized carbons (Fsp3) is 0.222. The van der Waals surface area contributed by atoms with Crippen LogP contribution in [-0.2, 0) is 18.0 Å². The molecule has 13 heavy (non-hydrogen) atoms. The Kier molecular flexibility index (Phi) is 3.73. The van der Waals surface area contributed by atoms with Gasteiger partial charge in [0.15, 0.2) is 0 Å². The zero-order chi connectivity index (χ0) is 9.68. The van der Waals surface area contributed by atoms with Crippen LogP contribution in [0.25, 0.3) is 0 Å². The molecule has 1 aromatic rings. The number of hydrogen-bond donors (Lipinski definition) is 1. The highest BCUT2D eigenvalue weighted by Crippen LogP contribution is 2.06. The van der Waals surface area contributed by atoms with Crippen LogP contribution in [0.5, 0.6) is 0 Å². The maximum Gasteiger partial charge on any atom is 0.404 e.